The predicted molar refractivity (Wildman–Crippen MR) is 531 cm³/mol. The van der Waals surface area contributed by atoms with E-state index in [1.54, 1.807) is 24.3 Å². The van der Waals surface area contributed by atoms with E-state index < -0.39 is 95.0 Å². The molecule has 0 bridgehead atoms. The average Bonchev–Trinajstić information content (AvgIpc) is 1.37. The van der Waals surface area contributed by atoms with Gasteiger partial charge in [0.25, 0.3) is 5.91 Å². The number of epoxide rings is 1. The molecule has 7 aromatic rings. The standard InChI is InChI=1S/C22H24Cl2F2N2O4.C19H28ClFN2O4.2C15H21ClFNO2.C10H20N2O2.C9H8ClFO2.C8H6ClFO3.H2S/c23-18-5-3-16(8-20(18)25)31-12-15(29)11-28-7-1-2-14(10-28)27-22(30)13-32-17-4-6-19(24)21(26)9-17;1-19(2,3)27-18(25)22-13-5-4-8-23(10-13)11-14(24)12-26-15-6-7-16(20)17(21)9-15;2*1-11-3-2-6-18(8-11)9-12(19)10-20-13-4-5-14(16)15(17)7-13;1-10(2,3)14-9(13)12-8-5-4-6-11-7-8;10-8-2-1-6(3-9(8)11)12-4-7-5-13-7;9-6-2-1-5(3-7(6)10)13-4-8(11)12;/h3-6,8-9,14-15,29H,1-2,7,10-13H2,(H,27,30);6-7,9,13-14,24H,4-5,8,10-12H2,1-3H3,(H,22,25);2*4-5,7,11-12,19H,2-3,6,8-10H2,1H3;8,11H,4-7H2,1-3H3,(H,12,13);1-3,7H,4-5H2;1-3H,4H2,(H,11,12);1H2/t14-,15?;13-,14?;2*11-,12?;8-;;;/m00000.../s1. The summed E-state index contributed by atoms with van der Waals surface area (Å²) in [6, 6.07) is 29.0. The number of carboxylic acids is 1. The topological polar surface area (TPSA) is 326 Å². The number of aliphatic hydroxyl groups excluding tert-OH is 4. The summed E-state index contributed by atoms with van der Waals surface area (Å²) in [6.45, 7) is 27.1. The van der Waals surface area contributed by atoms with Gasteiger partial charge in [0, 0.05) is 119 Å². The molecule has 9 N–H and O–H groups in total. The van der Waals surface area contributed by atoms with Gasteiger partial charge in [0.1, 0.15) is 156 Å². The van der Waals surface area contributed by atoms with Gasteiger partial charge in [-0.1, -0.05) is 95.1 Å². The van der Waals surface area contributed by atoms with Gasteiger partial charge in [-0.15, -0.1) is 0 Å². The SMILES string of the molecule is CC(C)(C)OC(=O)N[C@H]1CCCN(CC(O)COc2ccc(Cl)c(F)c2)C1.CC(C)(C)OC(=O)N[C@H]1CCCNC1.C[C@H]1CCCN(CC(O)COc2ccc(Cl)c(F)c2)C1.C[C@H]1CCCN(CC(O)COc2ccc(Cl)c(F)c2)C1.Fc1cc(OCC2CO2)ccc1Cl.O=C(COc1ccc(Cl)c(F)c1)N[C@H]1CCCN(CC(O)COc2ccc(Cl)c(F)c2)C1.O=C(O)COc1ccc(Cl)c(F)c1.S. The van der Waals surface area contributed by atoms with Crippen LogP contribution in [0.2, 0.25) is 35.2 Å². The Balaban J connectivity index is 0.000000256. The van der Waals surface area contributed by atoms with Crippen LogP contribution < -0.4 is 54.4 Å². The Morgan fingerprint density at radius 3 is 0.950 bits per heavy atom. The molecule has 6 heterocycles. The molecule has 780 valence electrons. The van der Waals surface area contributed by atoms with Crippen molar-refractivity contribution < 1.29 is 123 Å². The first-order valence-corrected chi connectivity index (χ1v) is 48.5. The summed E-state index contributed by atoms with van der Waals surface area (Å²) in [6.07, 6.45) is 7.23. The van der Waals surface area contributed by atoms with Crippen molar-refractivity contribution in [2.75, 3.05) is 144 Å². The molecule has 5 unspecified atom stereocenters. The molecule has 42 heteroatoms. The number of likely N-dealkylation sites (tertiary alicyclic amines) is 4. The number of carboxylic acid groups (broad SMARTS) is 1. The number of piperidine rings is 5. The minimum Gasteiger partial charge on any atom is -0.491 e. The average molecular weight is 2140 g/mol. The lowest BCUT2D eigenvalue weighted by Crippen LogP contribution is -2.50. The van der Waals surface area contributed by atoms with Crippen LogP contribution in [-0.4, -0.2) is 274 Å². The van der Waals surface area contributed by atoms with Gasteiger partial charge in [-0.3, -0.25) is 14.6 Å². The maximum absolute atomic E-state index is 13.5. The first-order valence-electron chi connectivity index (χ1n) is 45.8. The van der Waals surface area contributed by atoms with E-state index in [1.165, 1.54) is 117 Å². The number of ether oxygens (including phenoxy) is 10. The number of amides is 3. The highest BCUT2D eigenvalue weighted by atomic mass is 35.5. The molecule has 0 aromatic heterocycles. The Morgan fingerprint density at radius 1 is 0.400 bits per heavy atom. The van der Waals surface area contributed by atoms with Crippen LogP contribution in [-0.2, 0) is 23.8 Å². The number of carbonyl (C=O) groups is 4. The maximum atomic E-state index is 13.5. The zero-order valence-electron chi connectivity index (χ0n) is 79.6. The Labute approximate surface area is 856 Å². The number of nitrogens with zero attached hydrogens (tertiary/aromatic N) is 4. The summed E-state index contributed by atoms with van der Waals surface area (Å²) < 4.78 is 145. The highest BCUT2D eigenvalue weighted by molar-refractivity contribution is 7.59. The minimum atomic E-state index is -1.12. The largest absolute Gasteiger partial charge is 0.491 e. The zero-order chi connectivity index (χ0) is 102. The number of carbonyl (C=O) groups excluding carboxylic acids is 3. The van der Waals surface area contributed by atoms with Crippen LogP contribution in [0.5, 0.6) is 40.2 Å². The van der Waals surface area contributed by atoms with Crippen LogP contribution in [0.1, 0.15) is 120 Å². The second-order valence-corrected chi connectivity index (χ2v) is 39.1. The smallest absolute Gasteiger partial charge is 0.407 e. The van der Waals surface area contributed by atoms with Crippen molar-refractivity contribution >= 4 is 119 Å². The molecular formula is C98H130Cl7F7N8O19S. The Hall–Kier alpha value is -7.89. The van der Waals surface area contributed by atoms with Crippen LogP contribution in [0, 0.1) is 52.6 Å². The molecule has 0 saturated carbocycles. The number of alkyl carbamates (subject to hydrolysis) is 2. The van der Waals surface area contributed by atoms with Crippen LogP contribution in [0.25, 0.3) is 0 Å². The van der Waals surface area contributed by atoms with Crippen molar-refractivity contribution in [2.45, 2.75) is 179 Å². The van der Waals surface area contributed by atoms with Gasteiger partial charge in [-0.05, 0) is 235 Å². The number of hydrogen-bond donors (Lipinski definition) is 9. The molecule has 10 atom stereocenters. The van der Waals surface area contributed by atoms with Crippen molar-refractivity contribution in [3.05, 3.63) is 203 Å². The van der Waals surface area contributed by atoms with Crippen molar-refractivity contribution in [1.29, 1.82) is 0 Å². The van der Waals surface area contributed by atoms with E-state index in [9.17, 15) is 70.3 Å². The fourth-order valence-corrected chi connectivity index (χ4v) is 15.4. The van der Waals surface area contributed by atoms with Gasteiger partial charge in [-0.25, -0.2) is 45.1 Å². The molecule has 0 radical (unpaired) electrons. The van der Waals surface area contributed by atoms with Crippen molar-refractivity contribution in [3.63, 3.8) is 0 Å². The molecule has 0 aliphatic carbocycles. The van der Waals surface area contributed by atoms with Crippen molar-refractivity contribution in [2.24, 2.45) is 11.8 Å². The minimum absolute atomic E-state index is 0. The third-order valence-electron chi connectivity index (χ3n) is 21.1. The van der Waals surface area contributed by atoms with Crippen molar-refractivity contribution in [1.82, 2.24) is 40.9 Å². The molecule has 7 aromatic carbocycles. The summed E-state index contributed by atoms with van der Waals surface area (Å²) in [4.78, 5) is 54.2. The molecular weight excluding hydrogens is 2010 g/mol. The fourth-order valence-electron chi connectivity index (χ4n) is 14.6. The van der Waals surface area contributed by atoms with Gasteiger partial charge in [0.2, 0.25) is 0 Å². The fraction of sp³-hybridized carbons (Fsp3) is 0.531. The normalized spacial score (nSPS) is 19.0. The number of hydrogen-bond acceptors (Lipinski definition) is 23. The van der Waals surface area contributed by atoms with Crippen molar-refractivity contribution in [3.8, 4) is 40.2 Å². The van der Waals surface area contributed by atoms with Gasteiger partial charge >= 0.3 is 18.2 Å². The maximum Gasteiger partial charge on any atom is 0.407 e. The third kappa shape index (κ3) is 50.6. The van der Waals surface area contributed by atoms with E-state index in [2.05, 4.69) is 49.8 Å². The molecule has 6 saturated heterocycles. The Bertz CT molecular complexity index is 4840. The third-order valence-corrected chi connectivity index (χ3v) is 23.2. The van der Waals surface area contributed by atoms with Gasteiger partial charge in [-0.2, -0.15) is 13.5 Å². The Kier molecular flexibility index (Phi) is 54.1. The molecule has 27 nitrogen and oxygen atoms in total. The summed E-state index contributed by atoms with van der Waals surface area (Å²) in [5, 5.41) is 60.8. The van der Waals surface area contributed by atoms with Crippen LogP contribution in [0.3, 0.4) is 0 Å². The molecule has 6 aliphatic rings. The molecule has 0 spiro atoms. The molecule has 6 fully saturated rings. The Morgan fingerprint density at radius 2 is 0.671 bits per heavy atom. The number of β-amino-alcohol motifs (C(OH)–C–C–N with tert-alkyl or cyclic N) is 4. The number of aliphatic carboxylic acids is 1. The summed E-state index contributed by atoms with van der Waals surface area (Å²) >= 11 is 39.0. The van der Waals surface area contributed by atoms with E-state index in [1.807, 2.05) is 46.4 Å². The van der Waals surface area contributed by atoms with E-state index in [4.69, 9.17) is 134 Å². The summed E-state index contributed by atoms with van der Waals surface area (Å²) in [5.41, 5.74) is -0.945. The lowest BCUT2D eigenvalue weighted by atomic mass is 10.0. The highest BCUT2D eigenvalue weighted by Crippen LogP contribution is 2.30. The first-order chi connectivity index (χ1) is 65.8. The van der Waals surface area contributed by atoms with E-state index in [-0.39, 0.29) is 135 Å². The number of rotatable bonds is 32. The second-order valence-electron chi connectivity index (χ2n) is 36.2. The molecule has 6 aliphatic heterocycles. The van der Waals surface area contributed by atoms with Gasteiger partial charge in [0.15, 0.2) is 13.2 Å². The molecule has 3 amide bonds. The number of nitrogens with one attached hydrogen (secondary N) is 4. The number of aliphatic hydroxyl groups is 4. The van der Waals surface area contributed by atoms with E-state index >= 15 is 0 Å². The van der Waals surface area contributed by atoms with Crippen LogP contribution in [0.4, 0.5) is 40.3 Å². The van der Waals surface area contributed by atoms with Crippen LogP contribution in [0.15, 0.2) is 127 Å². The summed E-state index contributed by atoms with van der Waals surface area (Å²) in [7, 11) is 0. The molecule has 13 rings (SSSR count). The predicted octanol–water partition coefficient (Wildman–Crippen LogP) is 18.4. The van der Waals surface area contributed by atoms with E-state index in [0.717, 1.165) is 110 Å². The monoisotopic (exact) mass is 2130 g/mol. The van der Waals surface area contributed by atoms with Gasteiger partial charge < -0.3 is 104 Å². The second kappa shape index (κ2) is 62.7. The quantitative estimate of drug-likeness (QED) is 0.0140. The number of halogens is 14. The lowest BCUT2D eigenvalue weighted by Gasteiger charge is -2.34. The van der Waals surface area contributed by atoms with Crippen LogP contribution >= 0.6 is 94.7 Å². The van der Waals surface area contributed by atoms with Gasteiger partial charge in [0.05, 0.1) is 41.8 Å². The number of benzene rings is 7. The highest BCUT2D eigenvalue weighted by Gasteiger charge is 2.30. The zero-order valence-corrected chi connectivity index (χ0v) is 85.8. The van der Waals surface area contributed by atoms with E-state index in [0.29, 0.717) is 80.7 Å². The lowest BCUT2D eigenvalue weighted by molar-refractivity contribution is -0.139. The molecule has 140 heavy (non-hydrogen) atoms. The summed E-state index contributed by atoms with van der Waals surface area (Å²) in [5.74, 6) is -1.72. The first kappa shape index (κ1) is 121.